The van der Waals surface area contributed by atoms with Gasteiger partial charge in [0.2, 0.25) is 11.0 Å². The molecule has 0 radical (unpaired) electrons. The standard InChI is InChI=1S/C14H19N3O5S/c1-8-7-15-14(21-8)9(2)16-13(18)11-6-12(22-10(11)3)23(19,20)17(4)5/h6-7,9H,1-5H3,(H,16,18). The van der Waals surface area contributed by atoms with Crippen molar-refractivity contribution in [2.24, 2.45) is 0 Å². The van der Waals surface area contributed by atoms with Crippen molar-refractivity contribution in [3.05, 3.63) is 35.2 Å². The van der Waals surface area contributed by atoms with E-state index in [-0.39, 0.29) is 16.4 Å². The predicted molar refractivity (Wildman–Crippen MR) is 81.4 cm³/mol. The summed E-state index contributed by atoms with van der Waals surface area (Å²) in [5.74, 6) is 0.770. The van der Waals surface area contributed by atoms with Crippen molar-refractivity contribution >= 4 is 15.9 Å². The highest BCUT2D eigenvalue weighted by atomic mass is 32.2. The molecule has 2 aromatic rings. The first kappa shape index (κ1) is 17.2. The summed E-state index contributed by atoms with van der Waals surface area (Å²) >= 11 is 0. The fourth-order valence-corrected chi connectivity index (χ4v) is 2.75. The smallest absolute Gasteiger partial charge is 0.275 e. The van der Waals surface area contributed by atoms with Crippen LogP contribution < -0.4 is 5.32 Å². The van der Waals surface area contributed by atoms with E-state index in [1.165, 1.54) is 27.1 Å². The van der Waals surface area contributed by atoms with Crippen LogP contribution in [0.1, 0.15) is 40.7 Å². The molecule has 0 saturated carbocycles. The summed E-state index contributed by atoms with van der Waals surface area (Å²) in [5.41, 5.74) is 0.153. The predicted octanol–water partition coefficient (Wildman–Crippen LogP) is 1.63. The van der Waals surface area contributed by atoms with Crippen molar-refractivity contribution in [2.45, 2.75) is 31.9 Å². The first-order valence-electron chi connectivity index (χ1n) is 6.89. The number of oxazole rings is 1. The van der Waals surface area contributed by atoms with Gasteiger partial charge >= 0.3 is 0 Å². The Morgan fingerprint density at radius 1 is 1.30 bits per heavy atom. The van der Waals surface area contributed by atoms with Crippen LogP contribution in [0.25, 0.3) is 0 Å². The molecule has 9 heteroatoms. The Bertz CT molecular complexity index is 819. The van der Waals surface area contributed by atoms with E-state index >= 15 is 0 Å². The number of furan rings is 1. The Kier molecular flexibility index (Phi) is 4.62. The highest BCUT2D eigenvalue weighted by molar-refractivity contribution is 7.88. The van der Waals surface area contributed by atoms with E-state index in [0.717, 1.165) is 4.31 Å². The van der Waals surface area contributed by atoms with E-state index in [4.69, 9.17) is 8.83 Å². The number of carbonyl (C=O) groups is 1. The van der Waals surface area contributed by atoms with Crippen LogP contribution >= 0.6 is 0 Å². The number of aromatic nitrogens is 1. The van der Waals surface area contributed by atoms with Gasteiger partial charge in [-0.25, -0.2) is 17.7 Å². The van der Waals surface area contributed by atoms with Crippen LogP contribution in [-0.2, 0) is 10.0 Å². The van der Waals surface area contributed by atoms with Crippen molar-refractivity contribution < 1.29 is 22.0 Å². The van der Waals surface area contributed by atoms with Gasteiger partial charge in [-0.2, -0.15) is 0 Å². The second kappa shape index (κ2) is 6.17. The summed E-state index contributed by atoms with van der Waals surface area (Å²) in [6.45, 7) is 5.00. The van der Waals surface area contributed by atoms with E-state index in [2.05, 4.69) is 10.3 Å². The van der Waals surface area contributed by atoms with Gasteiger partial charge in [0.05, 0.1) is 11.8 Å². The lowest BCUT2D eigenvalue weighted by molar-refractivity contribution is 0.0932. The SMILES string of the molecule is Cc1cnc(C(C)NC(=O)c2cc(S(=O)(=O)N(C)C)oc2C)o1. The molecule has 1 amide bonds. The number of sulfonamides is 1. The number of rotatable bonds is 5. The van der Waals surface area contributed by atoms with Crippen LogP contribution in [-0.4, -0.2) is 37.7 Å². The number of amides is 1. The highest BCUT2D eigenvalue weighted by Gasteiger charge is 2.26. The van der Waals surface area contributed by atoms with E-state index < -0.39 is 22.0 Å². The molecule has 0 aliphatic rings. The van der Waals surface area contributed by atoms with Gasteiger partial charge in [-0.3, -0.25) is 4.79 Å². The van der Waals surface area contributed by atoms with Gasteiger partial charge < -0.3 is 14.2 Å². The van der Waals surface area contributed by atoms with Crippen LogP contribution in [0.4, 0.5) is 0 Å². The van der Waals surface area contributed by atoms with Gasteiger partial charge in [-0.05, 0) is 20.8 Å². The largest absolute Gasteiger partial charge is 0.448 e. The molecule has 126 valence electrons. The van der Waals surface area contributed by atoms with E-state index in [1.54, 1.807) is 20.0 Å². The summed E-state index contributed by atoms with van der Waals surface area (Å²) in [5, 5.41) is 2.42. The van der Waals surface area contributed by atoms with Crippen molar-refractivity contribution in [3.63, 3.8) is 0 Å². The molecule has 8 nitrogen and oxygen atoms in total. The lowest BCUT2D eigenvalue weighted by Gasteiger charge is -2.09. The normalized spacial score (nSPS) is 13.3. The molecule has 23 heavy (non-hydrogen) atoms. The maximum absolute atomic E-state index is 12.3. The van der Waals surface area contributed by atoms with Crippen LogP contribution in [0, 0.1) is 13.8 Å². The van der Waals surface area contributed by atoms with Crippen molar-refractivity contribution in [3.8, 4) is 0 Å². The third kappa shape index (κ3) is 3.45. The van der Waals surface area contributed by atoms with Crippen molar-refractivity contribution in [2.75, 3.05) is 14.1 Å². The van der Waals surface area contributed by atoms with Crippen molar-refractivity contribution in [1.82, 2.24) is 14.6 Å². The van der Waals surface area contributed by atoms with Crippen molar-refractivity contribution in [1.29, 1.82) is 0 Å². The van der Waals surface area contributed by atoms with E-state index in [0.29, 0.717) is 11.7 Å². The minimum Gasteiger partial charge on any atom is -0.448 e. The average Bonchev–Trinajstić information content (AvgIpc) is 3.05. The number of carbonyl (C=O) groups excluding carboxylic acids is 1. The van der Waals surface area contributed by atoms with Crippen LogP contribution in [0.15, 0.2) is 26.2 Å². The summed E-state index contributed by atoms with van der Waals surface area (Å²) in [6, 6.07) is 0.757. The van der Waals surface area contributed by atoms with Crippen LogP contribution in [0.3, 0.4) is 0 Å². The second-order valence-electron chi connectivity index (χ2n) is 5.33. The molecule has 2 heterocycles. The second-order valence-corrected chi connectivity index (χ2v) is 7.41. The first-order chi connectivity index (χ1) is 10.6. The Hall–Kier alpha value is -2.13. The Morgan fingerprint density at radius 3 is 2.48 bits per heavy atom. The molecule has 0 fully saturated rings. The molecule has 0 bridgehead atoms. The molecule has 0 aliphatic carbocycles. The molecule has 1 N–H and O–H groups in total. The number of nitrogens with zero attached hydrogens (tertiary/aromatic N) is 2. The zero-order chi connectivity index (χ0) is 17.4. The molecule has 0 spiro atoms. The Morgan fingerprint density at radius 2 is 1.96 bits per heavy atom. The topological polar surface area (TPSA) is 106 Å². The number of nitrogens with one attached hydrogen (secondary N) is 1. The molecule has 2 aromatic heterocycles. The lowest BCUT2D eigenvalue weighted by Crippen LogP contribution is -2.27. The van der Waals surface area contributed by atoms with E-state index in [9.17, 15) is 13.2 Å². The molecule has 2 rings (SSSR count). The molecule has 1 atom stereocenters. The van der Waals surface area contributed by atoms with Gasteiger partial charge in [0, 0.05) is 20.2 Å². The zero-order valence-corrected chi connectivity index (χ0v) is 14.4. The third-order valence-corrected chi connectivity index (χ3v) is 4.90. The Balaban J connectivity index is 2.22. The monoisotopic (exact) mass is 341 g/mol. The molecular weight excluding hydrogens is 322 g/mol. The fraction of sp³-hybridized carbons (Fsp3) is 0.429. The summed E-state index contributed by atoms with van der Waals surface area (Å²) in [6.07, 6.45) is 1.56. The molecule has 0 aliphatic heterocycles. The maximum atomic E-state index is 12.3. The van der Waals surface area contributed by atoms with Gasteiger partial charge in [0.25, 0.3) is 15.9 Å². The fourth-order valence-electron chi connectivity index (χ4n) is 1.90. The number of aryl methyl sites for hydroxylation is 2. The van der Waals surface area contributed by atoms with Gasteiger partial charge in [-0.1, -0.05) is 0 Å². The average molecular weight is 341 g/mol. The van der Waals surface area contributed by atoms with Crippen LogP contribution in [0.5, 0.6) is 0 Å². The summed E-state index contributed by atoms with van der Waals surface area (Å²) in [7, 11) is -0.956. The minimum atomic E-state index is -3.73. The van der Waals surface area contributed by atoms with Crippen LogP contribution in [0.2, 0.25) is 0 Å². The highest BCUT2D eigenvalue weighted by Crippen LogP contribution is 2.22. The van der Waals surface area contributed by atoms with E-state index in [1.807, 2.05) is 0 Å². The Labute approximate surface area is 134 Å². The summed E-state index contributed by atoms with van der Waals surface area (Å²) < 4.78 is 35.7. The maximum Gasteiger partial charge on any atom is 0.275 e. The zero-order valence-electron chi connectivity index (χ0n) is 13.6. The quantitative estimate of drug-likeness (QED) is 0.886. The third-order valence-electron chi connectivity index (χ3n) is 3.23. The van der Waals surface area contributed by atoms with Gasteiger partial charge in [-0.15, -0.1) is 0 Å². The molecule has 1 unspecified atom stereocenters. The minimum absolute atomic E-state index is 0.153. The first-order valence-corrected chi connectivity index (χ1v) is 8.33. The van der Waals surface area contributed by atoms with Gasteiger partial charge in [0.15, 0.2) is 0 Å². The number of hydrogen-bond donors (Lipinski definition) is 1. The molecular formula is C14H19N3O5S. The van der Waals surface area contributed by atoms with Gasteiger partial charge in [0.1, 0.15) is 17.6 Å². The summed E-state index contributed by atoms with van der Waals surface area (Å²) in [4.78, 5) is 16.4. The molecule has 0 saturated heterocycles. The molecule has 0 aromatic carbocycles. The lowest BCUT2D eigenvalue weighted by atomic mass is 10.2. The number of hydrogen-bond acceptors (Lipinski definition) is 6.